The molecule has 1 aliphatic rings. The number of H-pyrrole nitrogens is 1. The summed E-state index contributed by atoms with van der Waals surface area (Å²) in [5.41, 5.74) is 4.86. The van der Waals surface area contributed by atoms with E-state index in [1.807, 2.05) is 31.2 Å². The molecule has 0 bridgehead atoms. The molecule has 2 N–H and O–H groups in total. The third-order valence-electron chi connectivity index (χ3n) is 5.36. The third-order valence-corrected chi connectivity index (χ3v) is 5.36. The number of fused-ring (bicyclic) bond motifs is 3. The minimum absolute atomic E-state index is 0.0620. The number of rotatable bonds is 5. The molecular formula is C23H26N2O2. The van der Waals surface area contributed by atoms with Gasteiger partial charge in [0.05, 0.1) is 0 Å². The monoisotopic (exact) mass is 362 g/mol. The predicted molar refractivity (Wildman–Crippen MR) is 108 cm³/mol. The molecule has 1 heterocycles. The highest BCUT2D eigenvalue weighted by molar-refractivity contribution is 5.86. The van der Waals surface area contributed by atoms with Gasteiger partial charge in [0.15, 0.2) is 6.10 Å². The van der Waals surface area contributed by atoms with Crippen molar-refractivity contribution in [2.45, 2.75) is 51.7 Å². The van der Waals surface area contributed by atoms with Gasteiger partial charge in [-0.1, -0.05) is 50.2 Å². The molecule has 0 saturated carbocycles. The van der Waals surface area contributed by atoms with Crippen molar-refractivity contribution >= 4 is 16.8 Å². The fraction of sp³-hybridized carbons (Fsp3) is 0.348. The smallest absolute Gasteiger partial charge is 0.261 e. The molecule has 2 unspecified atom stereocenters. The zero-order valence-corrected chi connectivity index (χ0v) is 16.1. The number of hydrogen-bond donors (Lipinski definition) is 2. The summed E-state index contributed by atoms with van der Waals surface area (Å²) in [6, 6.07) is 16.4. The number of aromatic nitrogens is 1. The van der Waals surface area contributed by atoms with E-state index in [9.17, 15) is 4.79 Å². The Bertz CT molecular complexity index is 973. The summed E-state index contributed by atoms with van der Waals surface area (Å²) < 4.78 is 5.99. The lowest BCUT2D eigenvalue weighted by Gasteiger charge is -2.20. The first-order valence-corrected chi connectivity index (χ1v) is 9.67. The van der Waals surface area contributed by atoms with Gasteiger partial charge in [-0.2, -0.15) is 0 Å². The van der Waals surface area contributed by atoms with Gasteiger partial charge >= 0.3 is 0 Å². The fourth-order valence-corrected chi connectivity index (χ4v) is 3.96. The van der Waals surface area contributed by atoms with Gasteiger partial charge in [-0.15, -0.1) is 0 Å². The topological polar surface area (TPSA) is 54.1 Å². The second kappa shape index (κ2) is 7.10. The lowest BCUT2D eigenvalue weighted by molar-refractivity contribution is -0.127. The van der Waals surface area contributed by atoms with E-state index in [4.69, 9.17) is 4.74 Å². The maximum Gasteiger partial charge on any atom is 0.261 e. The molecule has 0 aliphatic heterocycles. The van der Waals surface area contributed by atoms with Crippen LogP contribution in [0.15, 0.2) is 48.5 Å². The van der Waals surface area contributed by atoms with E-state index in [0.29, 0.717) is 5.92 Å². The minimum atomic E-state index is -0.527. The number of hydrogen-bond acceptors (Lipinski definition) is 2. The maximum atomic E-state index is 12.7. The largest absolute Gasteiger partial charge is 0.481 e. The Labute approximate surface area is 159 Å². The Morgan fingerprint density at radius 3 is 2.63 bits per heavy atom. The van der Waals surface area contributed by atoms with Crippen LogP contribution in [-0.4, -0.2) is 23.0 Å². The Hall–Kier alpha value is -2.75. The highest BCUT2D eigenvalue weighted by atomic mass is 16.5. The number of aromatic amines is 1. The molecule has 27 heavy (non-hydrogen) atoms. The fourth-order valence-electron chi connectivity index (χ4n) is 3.96. The molecule has 4 heteroatoms. The molecule has 2 atom stereocenters. The Balaban J connectivity index is 1.41. The molecule has 4 rings (SSSR count). The Kier molecular flexibility index (Phi) is 4.65. The molecular weight excluding hydrogens is 336 g/mol. The first-order valence-electron chi connectivity index (χ1n) is 9.67. The van der Waals surface area contributed by atoms with Gasteiger partial charge < -0.3 is 15.0 Å². The van der Waals surface area contributed by atoms with Crippen LogP contribution in [0.5, 0.6) is 5.75 Å². The van der Waals surface area contributed by atoms with E-state index in [0.717, 1.165) is 24.2 Å². The highest BCUT2D eigenvalue weighted by Crippen LogP contribution is 2.30. The van der Waals surface area contributed by atoms with Crippen molar-refractivity contribution in [3.63, 3.8) is 0 Å². The van der Waals surface area contributed by atoms with Gasteiger partial charge in [0.2, 0.25) is 0 Å². The lowest BCUT2D eigenvalue weighted by atomic mass is 10.0. The van der Waals surface area contributed by atoms with Crippen LogP contribution in [0.4, 0.5) is 0 Å². The summed E-state index contributed by atoms with van der Waals surface area (Å²) >= 11 is 0. The number of benzene rings is 2. The zero-order chi connectivity index (χ0) is 19.0. The number of ether oxygens (including phenoxy) is 1. The molecule has 1 aromatic heterocycles. The van der Waals surface area contributed by atoms with E-state index in [2.05, 4.69) is 48.4 Å². The van der Waals surface area contributed by atoms with Gasteiger partial charge in [0.1, 0.15) is 5.75 Å². The van der Waals surface area contributed by atoms with Crippen LogP contribution in [0.2, 0.25) is 0 Å². The van der Waals surface area contributed by atoms with Crippen LogP contribution in [-0.2, 0) is 17.6 Å². The van der Waals surface area contributed by atoms with E-state index in [1.54, 1.807) is 0 Å². The average Bonchev–Trinajstić information content (AvgIpc) is 3.19. The van der Waals surface area contributed by atoms with Crippen LogP contribution in [0.3, 0.4) is 0 Å². The normalized spacial score (nSPS) is 17.1. The predicted octanol–water partition coefficient (Wildman–Crippen LogP) is 4.34. The third kappa shape index (κ3) is 3.44. The minimum Gasteiger partial charge on any atom is -0.481 e. The van der Waals surface area contributed by atoms with Crippen molar-refractivity contribution < 1.29 is 9.53 Å². The Morgan fingerprint density at radius 2 is 1.81 bits per heavy atom. The van der Waals surface area contributed by atoms with Crippen LogP contribution >= 0.6 is 0 Å². The number of carbonyl (C=O) groups is 1. The summed E-state index contributed by atoms with van der Waals surface area (Å²) in [5.74, 6) is 1.08. The van der Waals surface area contributed by atoms with E-state index in [-0.39, 0.29) is 11.9 Å². The summed E-state index contributed by atoms with van der Waals surface area (Å²) in [4.78, 5) is 16.2. The molecule has 140 valence electrons. The highest BCUT2D eigenvalue weighted by Gasteiger charge is 2.28. The van der Waals surface area contributed by atoms with E-state index in [1.165, 1.54) is 22.2 Å². The molecule has 0 fully saturated rings. The zero-order valence-electron chi connectivity index (χ0n) is 16.1. The van der Waals surface area contributed by atoms with Crippen LogP contribution in [0.1, 0.15) is 43.5 Å². The van der Waals surface area contributed by atoms with Crippen molar-refractivity contribution in [1.82, 2.24) is 10.3 Å². The molecule has 0 saturated heterocycles. The first-order chi connectivity index (χ1) is 13.0. The van der Waals surface area contributed by atoms with Crippen molar-refractivity contribution in [3.8, 4) is 5.75 Å². The number of amides is 1. The van der Waals surface area contributed by atoms with Gasteiger partial charge in [-0.05, 0) is 42.5 Å². The molecule has 3 aromatic rings. The van der Waals surface area contributed by atoms with Crippen molar-refractivity contribution in [3.05, 3.63) is 65.4 Å². The van der Waals surface area contributed by atoms with Gasteiger partial charge in [-0.3, -0.25) is 4.79 Å². The van der Waals surface area contributed by atoms with Crippen LogP contribution in [0.25, 0.3) is 10.9 Å². The molecule has 0 radical (unpaired) electrons. The summed E-state index contributed by atoms with van der Waals surface area (Å²) in [7, 11) is 0. The quantitative estimate of drug-likeness (QED) is 0.709. The average molecular weight is 362 g/mol. The SMILES string of the molecule is CC(Oc1ccccc1C(C)C)C(=O)NC1Cc2[nH]c3ccccc3c2C1. The number of carbonyl (C=O) groups excluding carboxylic acids is 1. The lowest BCUT2D eigenvalue weighted by Crippen LogP contribution is -2.43. The number of nitrogens with one attached hydrogen (secondary N) is 2. The molecule has 0 spiro atoms. The second-order valence-corrected chi connectivity index (χ2v) is 7.69. The van der Waals surface area contributed by atoms with Crippen molar-refractivity contribution in [1.29, 1.82) is 0 Å². The van der Waals surface area contributed by atoms with Crippen molar-refractivity contribution in [2.24, 2.45) is 0 Å². The number of para-hydroxylation sites is 2. The van der Waals surface area contributed by atoms with E-state index < -0.39 is 6.10 Å². The van der Waals surface area contributed by atoms with E-state index >= 15 is 0 Å². The molecule has 1 amide bonds. The van der Waals surface area contributed by atoms with Gasteiger partial charge in [0.25, 0.3) is 5.91 Å². The van der Waals surface area contributed by atoms with Crippen molar-refractivity contribution in [2.75, 3.05) is 0 Å². The maximum absolute atomic E-state index is 12.7. The van der Waals surface area contributed by atoms with Gasteiger partial charge in [-0.25, -0.2) is 0 Å². The first kappa shape index (κ1) is 17.7. The second-order valence-electron chi connectivity index (χ2n) is 7.69. The standard InChI is InChI=1S/C23H26N2O2/c1-14(2)17-8-5-7-11-22(17)27-15(3)23(26)24-16-12-19-18-9-4-6-10-20(18)25-21(19)13-16/h4-11,14-16,25H,12-13H2,1-3H3,(H,24,26). The van der Waals surface area contributed by atoms with Gasteiger partial charge in [0, 0.05) is 29.1 Å². The van der Waals surface area contributed by atoms with Crippen LogP contribution in [0, 0.1) is 0 Å². The molecule has 4 nitrogen and oxygen atoms in total. The summed E-state index contributed by atoms with van der Waals surface area (Å²) in [5, 5.41) is 4.42. The summed E-state index contributed by atoms with van der Waals surface area (Å²) in [6.45, 7) is 6.07. The molecule has 2 aromatic carbocycles. The summed E-state index contributed by atoms with van der Waals surface area (Å²) in [6.07, 6.45) is 1.17. The molecule has 1 aliphatic carbocycles. The Morgan fingerprint density at radius 1 is 1.07 bits per heavy atom. The van der Waals surface area contributed by atoms with Crippen LogP contribution < -0.4 is 10.1 Å².